The largest absolute Gasteiger partial charge is 0.147 e. The molecule has 1 aliphatic carbocycles. The molecule has 0 saturated carbocycles. The van der Waals surface area contributed by atoms with Crippen LogP contribution >= 0.6 is 24.8 Å². The van der Waals surface area contributed by atoms with Gasteiger partial charge in [-0.15, -0.1) is 24.8 Å². The van der Waals surface area contributed by atoms with E-state index in [0.717, 1.165) is 0 Å². The molecule has 0 saturated heterocycles. The molecule has 0 amide bonds. The molecule has 2 aromatic carbocycles. The molecule has 139 valence electrons. The topological polar surface area (TPSA) is 0 Å². The third kappa shape index (κ3) is 6.52. The van der Waals surface area contributed by atoms with Crippen LogP contribution in [-0.4, -0.2) is 0 Å². The monoisotopic (exact) mass is 465 g/mol. The number of benzene rings is 2. The number of rotatable bonds is 7. The van der Waals surface area contributed by atoms with Crippen molar-refractivity contribution in [2.45, 2.75) is 40.4 Å². The fourth-order valence-corrected chi connectivity index (χ4v) is 11.9. The first-order valence-electron chi connectivity index (χ1n) is 9.04. The van der Waals surface area contributed by atoms with Gasteiger partial charge in [0, 0.05) is 0 Å². The summed E-state index contributed by atoms with van der Waals surface area (Å²) in [7, 11) is 0. The molecule has 0 spiro atoms. The zero-order valence-corrected chi connectivity index (χ0v) is 19.7. The van der Waals surface area contributed by atoms with Gasteiger partial charge in [0.15, 0.2) is 0 Å². The molecule has 0 nitrogen and oxygen atoms in total. The minimum atomic E-state index is -1.61. The number of hydrogen-bond acceptors (Lipinski definition) is 0. The van der Waals surface area contributed by atoms with Gasteiger partial charge in [-0.2, -0.15) is 0 Å². The molecule has 26 heavy (non-hydrogen) atoms. The van der Waals surface area contributed by atoms with Gasteiger partial charge in [0.1, 0.15) is 0 Å². The summed E-state index contributed by atoms with van der Waals surface area (Å²) in [4.78, 5) is 0. The maximum Gasteiger partial charge on any atom is -0.147 e. The van der Waals surface area contributed by atoms with Gasteiger partial charge in [-0.25, -0.2) is 0 Å². The fourth-order valence-electron chi connectivity index (χ4n) is 3.59. The van der Waals surface area contributed by atoms with Crippen LogP contribution < -0.4 is 0 Å². The van der Waals surface area contributed by atoms with Crippen LogP contribution in [0.5, 0.6) is 0 Å². The summed E-state index contributed by atoms with van der Waals surface area (Å²) in [5, 5.41) is 0. The van der Waals surface area contributed by atoms with Crippen LogP contribution in [0, 0.1) is 0 Å². The van der Waals surface area contributed by atoms with Crippen LogP contribution in [-0.2, 0) is 21.8 Å². The molecule has 0 radical (unpaired) electrons. The van der Waals surface area contributed by atoms with Gasteiger partial charge in [-0.05, 0) is 0 Å². The molecule has 2 aromatic rings. The first-order valence-corrected chi connectivity index (χ1v) is 13.7. The maximum atomic E-state index is 2.43. The molecule has 0 N–H and O–H groups in total. The second-order valence-electron chi connectivity index (χ2n) is 6.96. The van der Waals surface area contributed by atoms with Crippen molar-refractivity contribution in [1.29, 1.82) is 0 Å². The molecular weight excluding hydrogens is 438 g/mol. The van der Waals surface area contributed by atoms with Crippen LogP contribution in [0.2, 0.25) is 8.26 Å². The molecule has 0 bridgehead atoms. The summed E-state index contributed by atoms with van der Waals surface area (Å²) in [6.07, 6.45) is 8.27. The van der Waals surface area contributed by atoms with Crippen molar-refractivity contribution in [2.24, 2.45) is 0 Å². The van der Waals surface area contributed by atoms with Gasteiger partial charge in [0.25, 0.3) is 0 Å². The van der Waals surface area contributed by atoms with E-state index in [0.29, 0.717) is 11.8 Å². The normalized spacial score (nSPS) is 14.6. The SMILES string of the molecule is CC([CH2][Zr]([CH2]C(C)c1ccccc1)[C]1=CC=CC1)c1ccccc1.Cl.Cl. The fraction of sp³-hybridized carbons (Fsp3) is 0.304. The smallest absolute Gasteiger partial charge is 0.147 e. The molecule has 3 rings (SSSR count). The average molecular weight is 468 g/mol. The number of allylic oxidation sites excluding steroid dienone is 4. The van der Waals surface area contributed by atoms with E-state index in [1.54, 1.807) is 0 Å². The number of hydrogen-bond donors (Lipinski definition) is 0. The Morgan fingerprint density at radius 2 is 1.23 bits per heavy atom. The molecule has 0 aromatic heterocycles. The summed E-state index contributed by atoms with van der Waals surface area (Å²) < 4.78 is 4.66. The molecule has 2 atom stereocenters. The van der Waals surface area contributed by atoms with E-state index in [1.807, 2.05) is 3.28 Å². The summed E-state index contributed by atoms with van der Waals surface area (Å²) in [5.41, 5.74) is 3.02. The van der Waals surface area contributed by atoms with E-state index in [9.17, 15) is 0 Å². The van der Waals surface area contributed by atoms with Gasteiger partial charge in [0.2, 0.25) is 0 Å². The van der Waals surface area contributed by atoms with E-state index in [2.05, 4.69) is 92.7 Å². The molecule has 2 unspecified atom stereocenters. The van der Waals surface area contributed by atoms with Gasteiger partial charge >= 0.3 is 155 Å². The second kappa shape index (κ2) is 12.0. The first kappa shape index (κ1) is 23.4. The van der Waals surface area contributed by atoms with E-state index >= 15 is 0 Å². The zero-order valence-electron chi connectivity index (χ0n) is 15.6. The minimum absolute atomic E-state index is 0. The third-order valence-electron chi connectivity index (χ3n) is 5.07. The van der Waals surface area contributed by atoms with Crippen molar-refractivity contribution in [3.63, 3.8) is 0 Å². The molecular formula is C23H29Cl2Zr. The standard InChI is InChI=1S/2C9H11.C5H5.2ClH.Zr/c2*1-8(2)9-6-4-3-5-7-9;1-2-4-5-3-1;;;/h2*3-8H,1H2,2H3;1-3H,4H2;2*1H;. The molecule has 3 heteroatoms. The average Bonchev–Trinajstić information content (AvgIpc) is 3.17. The Kier molecular flexibility index (Phi) is 10.8. The second-order valence-corrected chi connectivity index (χ2v) is 13.5. The van der Waals surface area contributed by atoms with E-state index in [-0.39, 0.29) is 24.8 Å². The van der Waals surface area contributed by atoms with Gasteiger partial charge in [0.05, 0.1) is 0 Å². The Morgan fingerprint density at radius 1 is 0.769 bits per heavy atom. The van der Waals surface area contributed by atoms with Crippen molar-refractivity contribution in [3.05, 3.63) is 93.3 Å². The summed E-state index contributed by atoms with van der Waals surface area (Å²) in [6, 6.07) is 22.2. The van der Waals surface area contributed by atoms with E-state index < -0.39 is 21.8 Å². The summed E-state index contributed by atoms with van der Waals surface area (Å²) >= 11 is -1.61. The van der Waals surface area contributed by atoms with Crippen LogP contribution in [0.4, 0.5) is 0 Å². The Balaban J connectivity index is 0.00000169. The van der Waals surface area contributed by atoms with Crippen LogP contribution in [0.1, 0.15) is 43.2 Å². The van der Waals surface area contributed by atoms with Gasteiger partial charge in [-0.1, -0.05) is 0 Å². The number of halogens is 2. The van der Waals surface area contributed by atoms with Crippen molar-refractivity contribution in [1.82, 2.24) is 0 Å². The van der Waals surface area contributed by atoms with Crippen LogP contribution in [0.3, 0.4) is 0 Å². The maximum absolute atomic E-state index is 2.43. The Hall–Kier alpha value is -0.617. The van der Waals surface area contributed by atoms with Crippen LogP contribution in [0.15, 0.2) is 82.2 Å². The summed E-state index contributed by atoms with van der Waals surface area (Å²) in [5.74, 6) is 1.37. The predicted molar refractivity (Wildman–Crippen MR) is 116 cm³/mol. The molecule has 0 aliphatic heterocycles. The zero-order chi connectivity index (χ0) is 16.8. The van der Waals surface area contributed by atoms with Crippen molar-refractivity contribution in [3.8, 4) is 0 Å². The first-order chi connectivity index (χ1) is 11.7. The van der Waals surface area contributed by atoms with Gasteiger partial charge < -0.3 is 0 Å². The summed E-state index contributed by atoms with van der Waals surface area (Å²) in [6.45, 7) is 4.85. The molecule has 0 fully saturated rings. The van der Waals surface area contributed by atoms with Crippen molar-refractivity contribution in [2.75, 3.05) is 0 Å². The third-order valence-corrected chi connectivity index (χ3v) is 13.6. The minimum Gasteiger partial charge on any atom is -0.147 e. The van der Waals surface area contributed by atoms with Crippen molar-refractivity contribution >= 4 is 24.8 Å². The molecule has 1 aliphatic rings. The molecule has 0 heterocycles. The predicted octanol–water partition coefficient (Wildman–Crippen LogP) is 7.74. The van der Waals surface area contributed by atoms with Crippen LogP contribution in [0.25, 0.3) is 0 Å². The Morgan fingerprint density at radius 3 is 1.62 bits per heavy atom. The Labute approximate surface area is 179 Å². The quantitative estimate of drug-likeness (QED) is 0.391. The van der Waals surface area contributed by atoms with E-state index in [4.69, 9.17) is 0 Å². The van der Waals surface area contributed by atoms with Gasteiger partial charge in [-0.3, -0.25) is 0 Å². The Bertz CT molecular complexity index is 647. The van der Waals surface area contributed by atoms with Crippen molar-refractivity contribution < 1.29 is 21.8 Å². The van der Waals surface area contributed by atoms with E-state index in [1.165, 1.54) is 25.8 Å².